The number of halogens is 1. The van der Waals surface area contributed by atoms with Crippen LogP contribution in [0.2, 0.25) is 0 Å². The molecule has 6 heteroatoms. The van der Waals surface area contributed by atoms with Crippen molar-refractivity contribution in [3.63, 3.8) is 0 Å². The topological polar surface area (TPSA) is 56.8 Å². The van der Waals surface area contributed by atoms with E-state index in [-0.39, 0.29) is 0 Å². The van der Waals surface area contributed by atoms with Crippen molar-refractivity contribution in [1.29, 1.82) is 0 Å². The lowest BCUT2D eigenvalue weighted by Crippen LogP contribution is -2.41. The molecular weight excluding hydrogens is 330 g/mol. The first-order valence-corrected chi connectivity index (χ1v) is 8.08. The fourth-order valence-electron chi connectivity index (χ4n) is 2.70. The van der Waals surface area contributed by atoms with Gasteiger partial charge in [-0.15, -0.1) is 5.10 Å². The molecule has 3 rings (SSSR count). The van der Waals surface area contributed by atoms with Gasteiger partial charge < -0.3 is 10.2 Å². The summed E-state index contributed by atoms with van der Waals surface area (Å²) in [6.45, 7) is 4.07. The second-order valence-electron chi connectivity index (χ2n) is 5.52. The highest BCUT2D eigenvalue weighted by molar-refractivity contribution is 9.10. The highest BCUT2D eigenvalue weighted by atomic mass is 79.9. The zero-order chi connectivity index (χ0) is 14.8. The summed E-state index contributed by atoms with van der Waals surface area (Å²) in [4.78, 5) is 6.91. The summed E-state index contributed by atoms with van der Waals surface area (Å²) in [5.41, 5.74) is 2.26. The first-order chi connectivity index (χ1) is 10.2. The molecule has 1 fully saturated rings. The van der Waals surface area contributed by atoms with E-state index in [9.17, 15) is 0 Å². The monoisotopic (exact) mass is 349 g/mol. The summed E-state index contributed by atoms with van der Waals surface area (Å²) in [7, 11) is 2.03. The molecule has 2 aromatic rings. The number of H-pyrrole nitrogens is 1. The Labute approximate surface area is 133 Å². The predicted octanol–water partition coefficient (Wildman–Crippen LogP) is 2.73. The van der Waals surface area contributed by atoms with Gasteiger partial charge in [0.15, 0.2) is 5.82 Å². The number of rotatable bonds is 3. The van der Waals surface area contributed by atoms with Crippen LogP contribution in [0.15, 0.2) is 22.7 Å². The van der Waals surface area contributed by atoms with Gasteiger partial charge in [-0.1, -0.05) is 27.6 Å². The minimum Gasteiger partial charge on any atom is -0.339 e. The van der Waals surface area contributed by atoms with Crippen LogP contribution in [0.5, 0.6) is 0 Å². The highest BCUT2D eigenvalue weighted by Crippen LogP contribution is 2.28. The van der Waals surface area contributed by atoms with E-state index in [4.69, 9.17) is 0 Å². The van der Waals surface area contributed by atoms with E-state index in [2.05, 4.69) is 60.4 Å². The van der Waals surface area contributed by atoms with Crippen molar-refractivity contribution < 1.29 is 0 Å². The van der Waals surface area contributed by atoms with E-state index < -0.39 is 0 Å². The minimum atomic E-state index is 0.616. The molecule has 1 saturated heterocycles. The Hall–Kier alpha value is -1.40. The van der Waals surface area contributed by atoms with Crippen molar-refractivity contribution in [3.05, 3.63) is 28.2 Å². The zero-order valence-electron chi connectivity index (χ0n) is 12.4. The number of aromatic amines is 1. The Balaban J connectivity index is 1.79. The Bertz CT molecular complexity index is 616. The Morgan fingerprint density at radius 1 is 1.33 bits per heavy atom. The fraction of sp³-hybridized carbons (Fsp3) is 0.467. The van der Waals surface area contributed by atoms with Crippen molar-refractivity contribution in [2.45, 2.75) is 25.8 Å². The van der Waals surface area contributed by atoms with Crippen molar-refractivity contribution in [1.82, 2.24) is 20.5 Å². The van der Waals surface area contributed by atoms with E-state index in [0.717, 1.165) is 47.7 Å². The molecule has 0 radical (unpaired) electrons. The summed E-state index contributed by atoms with van der Waals surface area (Å²) >= 11 is 3.58. The van der Waals surface area contributed by atoms with Gasteiger partial charge in [0.25, 0.3) is 0 Å². The Kier molecular flexibility index (Phi) is 4.26. The number of hydrogen-bond acceptors (Lipinski definition) is 4. The van der Waals surface area contributed by atoms with Gasteiger partial charge in [0.1, 0.15) is 0 Å². The molecule has 0 saturated carbocycles. The summed E-state index contributed by atoms with van der Waals surface area (Å²) in [6.07, 6.45) is 2.27. The van der Waals surface area contributed by atoms with Gasteiger partial charge in [-0.25, -0.2) is 0 Å². The summed E-state index contributed by atoms with van der Waals surface area (Å²) in [5.74, 6) is 1.62. The number of hydrogen-bond donors (Lipinski definition) is 2. The Morgan fingerprint density at radius 2 is 2.10 bits per heavy atom. The maximum atomic E-state index is 4.67. The van der Waals surface area contributed by atoms with E-state index in [1.54, 1.807) is 0 Å². The average molecular weight is 350 g/mol. The van der Waals surface area contributed by atoms with Crippen LogP contribution in [0.4, 0.5) is 5.95 Å². The molecule has 1 aromatic carbocycles. The molecule has 21 heavy (non-hydrogen) atoms. The van der Waals surface area contributed by atoms with Crippen LogP contribution in [-0.4, -0.2) is 41.4 Å². The predicted molar refractivity (Wildman–Crippen MR) is 88.6 cm³/mol. The molecule has 0 unspecified atom stereocenters. The second-order valence-corrected chi connectivity index (χ2v) is 6.37. The number of benzene rings is 1. The zero-order valence-corrected chi connectivity index (χ0v) is 13.9. The summed E-state index contributed by atoms with van der Waals surface area (Å²) < 4.78 is 1.03. The fourth-order valence-corrected chi connectivity index (χ4v) is 3.14. The molecule has 1 aromatic heterocycles. The first kappa shape index (κ1) is 14.5. The lowest BCUT2D eigenvalue weighted by atomic mass is 10.1. The van der Waals surface area contributed by atoms with Crippen molar-refractivity contribution in [2.75, 3.05) is 25.0 Å². The van der Waals surface area contributed by atoms with Crippen molar-refractivity contribution >= 4 is 21.9 Å². The molecule has 0 spiro atoms. The third kappa shape index (κ3) is 3.11. The number of aryl methyl sites for hydroxylation is 1. The molecular formula is C15H20BrN5. The normalized spacial score (nSPS) is 16.4. The molecule has 2 heterocycles. The minimum absolute atomic E-state index is 0.616. The quantitative estimate of drug-likeness (QED) is 0.894. The average Bonchev–Trinajstić information content (AvgIpc) is 2.99. The van der Waals surface area contributed by atoms with E-state index in [1.807, 2.05) is 13.1 Å². The molecule has 0 atom stereocenters. The van der Waals surface area contributed by atoms with Gasteiger partial charge in [-0.2, -0.15) is 4.98 Å². The third-order valence-corrected chi connectivity index (χ3v) is 4.73. The maximum Gasteiger partial charge on any atom is 0.245 e. The lowest BCUT2D eigenvalue weighted by Gasteiger charge is -2.30. The van der Waals surface area contributed by atoms with Crippen LogP contribution in [0.3, 0.4) is 0 Å². The van der Waals surface area contributed by atoms with Crippen molar-refractivity contribution in [2.24, 2.45) is 0 Å². The smallest absolute Gasteiger partial charge is 0.245 e. The number of anilines is 1. The number of nitrogens with one attached hydrogen (secondary N) is 2. The largest absolute Gasteiger partial charge is 0.339 e. The standard InChI is InChI=1S/C15H20BrN5/c1-10-3-4-13(16)12(9-10)14-18-15(20-19-14)21-7-5-11(17-2)6-8-21/h3-4,9,11,17H,5-8H2,1-2H3,(H,18,19,20). The van der Waals surface area contributed by atoms with E-state index in [0.29, 0.717) is 6.04 Å². The van der Waals surface area contributed by atoms with Crippen molar-refractivity contribution in [3.8, 4) is 11.4 Å². The molecule has 5 nitrogen and oxygen atoms in total. The molecule has 112 valence electrons. The maximum absolute atomic E-state index is 4.67. The van der Waals surface area contributed by atoms with Gasteiger partial charge >= 0.3 is 0 Å². The Morgan fingerprint density at radius 3 is 2.81 bits per heavy atom. The van der Waals surface area contributed by atoms with Crippen LogP contribution in [0.1, 0.15) is 18.4 Å². The first-order valence-electron chi connectivity index (χ1n) is 7.28. The van der Waals surface area contributed by atoms with Crippen LogP contribution in [0.25, 0.3) is 11.4 Å². The SMILES string of the molecule is CNC1CCN(c2n[nH]c(-c3cc(C)ccc3Br)n2)CC1. The van der Waals surface area contributed by atoms with Gasteiger partial charge in [0, 0.05) is 29.2 Å². The molecule has 0 bridgehead atoms. The van der Waals surface area contributed by atoms with Crippen LogP contribution in [-0.2, 0) is 0 Å². The second kappa shape index (κ2) is 6.15. The molecule has 2 N–H and O–H groups in total. The summed E-state index contributed by atoms with van der Waals surface area (Å²) in [6, 6.07) is 6.85. The van der Waals surface area contributed by atoms with Gasteiger partial charge in [-0.05, 0) is 38.9 Å². The van der Waals surface area contributed by atoms with Crippen LogP contribution in [0, 0.1) is 6.92 Å². The van der Waals surface area contributed by atoms with Gasteiger partial charge in [0.2, 0.25) is 5.95 Å². The number of aromatic nitrogens is 3. The molecule has 1 aliphatic rings. The van der Waals surface area contributed by atoms with Crippen LogP contribution < -0.4 is 10.2 Å². The van der Waals surface area contributed by atoms with E-state index >= 15 is 0 Å². The molecule has 0 amide bonds. The third-order valence-electron chi connectivity index (χ3n) is 4.04. The van der Waals surface area contributed by atoms with E-state index in [1.165, 1.54) is 5.56 Å². The van der Waals surface area contributed by atoms with Gasteiger partial charge in [0.05, 0.1) is 0 Å². The molecule has 0 aliphatic carbocycles. The molecule has 1 aliphatic heterocycles. The number of nitrogens with zero attached hydrogens (tertiary/aromatic N) is 3. The number of piperidine rings is 1. The lowest BCUT2D eigenvalue weighted by molar-refractivity contribution is 0.439. The van der Waals surface area contributed by atoms with Crippen LogP contribution >= 0.6 is 15.9 Å². The highest BCUT2D eigenvalue weighted by Gasteiger charge is 2.21. The van der Waals surface area contributed by atoms with Gasteiger partial charge in [-0.3, -0.25) is 5.10 Å². The summed E-state index contributed by atoms with van der Waals surface area (Å²) in [5, 5.41) is 10.8.